The fraction of sp³-hybridized carbons (Fsp3) is 0.286. The van der Waals surface area contributed by atoms with Gasteiger partial charge in [-0.25, -0.2) is 0 Å². The maximum absolute atomic E-state index is 12.5. The standard InChI is InChI=1S/2C7H8O5P.2ClH.Zr/c2*1-12-7(8)5-2-3-6(4-5)13(9,10)11;;;/h2*2-4H,1H3,(H2,9,10,11);2*1H;/q;;;;+2/p-2. The van der Waals surface area contributed by atoms with Crippen LogP contribution in [0.15, 0.2) is 47.6 Å². The number of esters is 2. The Labute approximate surface area is 176 Å². The Hall–Kier alpha value is -0.337. The van der Waals surface area contributed by atoms with Crippen LogP contribution >= 0.6 is 32.2 Å². The first-order chi connectivity index (χ1) is 13.1. The minimum atomic E-state index is -5.94. The Balaban J connectivity index is 2.84. The third kappa shape index (κ3) is 3.75. The Bertz CT molecular complexity index is 899. The van der Waals surface area contributed by atoms with E-state index in [4.69, 9.17) is 17.0 Å². The van der Waals surface area contributed by atoms with Crippen LogP contribution in [0.1, 0.15) is 0 Å². The molecule has 2 aliphatic carbocycles. The summed E-state index contributed by atoms with van der Waals surface area (Å²) in [7, 11) is 4.51. The molecule has 29 heavy (non-hydrogen) atoms. The third-order valence-corrected chi connectivity index (χ3v) is 32.3. The Morgan fingerprint density at radius 1 is 0.862 bits per heavy atom. The van der Waals surface area contributed by atoms with Gasteiger partial charge in [-0.1, -0.05) is 0 Å². The molecule has 0 heterocycles. The zero-order valence-electron chi connectivity index (χ0n) is 14.9. The molecule has 0 spiro atoms. The van der Waals surface area contributed by atoms with Crippen molar-refractivity contribution in [2.45, 2.75) is 5.73 Å². The van der Waals surface area contributed by atoms with Crippen LogP contribution in [0.5, 0.6) is 0 Å². The second-order valence-electron chi connectivity index (χ2n) is 6.16. The molecule has 0 aromatic rings. The predicted molar refractivity (Wildman–Crippen MR) is 99.7 cm³/mol. The molecule has 2 aliphatic rings. The van der Waals surface area contributed by atoms with Crippen molar-refractivity contribution in [1.82, 2.24) is 0 Å². The van der Waals surface area contributed by atoms with Crippen LogP contribution in [0.2, 0.25) is 0 Å². The molecule has 0 fully saturated rings. The molecule has 0 amide bonds. The summed E-state index contributed by atoms with van der Waals surface area (Å²) in [5.74, 6) is -1.91. The van der Waals surface area contributed by atoms with E-state index in [0.717, 1.165) is 50.7 Å². The number of rotatable bonds is 6. The van der Waals surface area contributed by atoms with E-state index >= 15 is 0 Å². The molecule has 160 valence electrons. The topological polar surface area (TPSA) is 168 Å². The van der Waals surface area contributed by atoms with Gasteiger partial charge in [-0.3, -0.25) is 0 Å². The average Bonchev–Trinajstić information content (AvgIpc) is 3.25. The summed E-state index contributed by atoms with van der Waals surface area (Å²) in [4.78, 5) is 64.1. The summed E-state index contributed by atoms with van der Waals surface area (Å²) in [6.45, 7) is 0. The maximum atomic E-state index is 12.5. The molecule has 0 saturated heterocycles. The van der Waals surface area contributed by atoms with Crippen LogP contribution in [0.3, 0.4) is 0 Å². The summed E-state index contributed by atoms with van der Waals surface area (Å²) in [6.07, 6.45) is 5.32. The Kier molecular flexibility index (Phi) is 6.85. The number of methoxy groups -OCH3 is 2. The number of allylic oxidation sites excluding steroid dienone is 4. The van der Waals surface area contributed by atoms with E-state index in [1.54, 1.807) is 0 Å². The first-order valence-electron chi connectivity index (χ1n) is 7.60. The summed E-state index contributed by atoms with van der Waals surface area (Å²) in [6, 6.07) is 0. The van der Waals surface area contributed by atoms with Gasteiger partial charge >= 0.3 is 177 Å². The van der Waals surface area contributed by atoms with Gasteiger partial charge in [0, 0.05) is 0 Å². The number of halogens is 2. The molecular formula is C14H16Cl2O10P2Zr. The number of carbonyl (C=O) groups excluding carboxylic acids is 2. The third-order valence-electron chi connectivity index (χ3n) is 4.60. The zero-order chi connectivity index (χ0) is 22.5. The summed E-state index contributed by atoms with van der Waals surface area (Å²) in [5.41, 5.74) is -0.587. The molecule has 0 aromatic carbocycles. The van der Waals surface area contributed by atoms with Crippen molar-refractivity contribution in [3.63, 3.8) is 0 Å². The molecule has 0 saturated carbocycles. The number of hydrogen-bond donors (Lipinski definition) is 4. The average molecular weight is 568 g/mol. The van der Waals surface area contributed by atoms with E-state index in [0.29, 0.717) is 0 Å². The van der Waals surface area contributed by atoms with Crippen molar-refractivity contribution < 1.29 is 65.6 Å². The van der Waals surface area contributed by atoms with Crippen molar-refractivity contribution in [3.8, 4) is 0 Å². The minimum absolute atomic E-state index is 0.293. The molecule has 2 rings (SSSR count). The molecule has 2 unspecified atom stereocenters. The second kappa shape index (κ2) is 7.97. The van der Waals surface area contributed by atoms with Gasteiger partial charge < -0.3 is 0 Å². The number of carbonyl (C=O) groups is 2. The van der Waals surface area contributed by atoms with E-state index < -0.39 is 50.7 Å². The van der Waals surface area contributed by atoms with Crippen LogP contribution in [0, 0.1) is 0 Å². The van der Waals surface area contributed by atoms with Crippen LogP contribution in [0.25, 0.3) is 0 Å². The quantitative estimate of drug-likeness (QED) is 0.273. The van der Waals surface area contributed by atoms with Gasteiger partial charge in [-0.15, -0.1) is 0 Å². The molecule has 15 heteroatoms. The van der Waals surface area contributed by atoms with E-state index in [-0.39, 0.29) is 11.1 Å². The van der Waals surface area contributed by atoms with E-state index in [2.05, 4.69) is 9.47 Å². The van der Waals surface area contributed by atoms with Gasteiger partial charge in [-0.2, -0.15) is 0 Å². The normalized spacial score (nSPS) is 26.9. The van der Waals surface area contributed by atoms with Gasteiger partial charge in [0.15, 0.2) is 0 Å². The van der Waals surface area contributed by atoms with E-state index in [1.165, 1.54) is 0 Å². The fourth-order valence-corrected chi connectivity index (χ4v) is 28.3. The summed E-state index contributed by atoms with van der Waals surface area (Å²) in [5, 5.41) is 0. The Morgan fingerprint density at radius 3 is 1.41 bits per heavy atom. The fourth-order valence-electron chi connectivity index (χ4n) is 3.03. The first kappa shape index (κ1) is 24.9. The van der Waals surface area contributed by atoms with Gasteiger partial charge in [-0.05, 0) is 0 Å². The number of hydrogen-bond acceptors (Lipinski definition) is 6. The SMILES string of the molecule is COC(=O)C1=C[C](P(=O)(O)O)([Zr]([Cl])([Cl])[C]2(P(=O)(O)O)C=CC(C(=O)OC)=C2)C=C1. The van der Waals surface area contributed by atoms with Crippen LogP contribution in [-0.2, 0) is 46.1 Å². The second-order valence-corrected chi connectivity index (χ2v) is 26.6. The summed E-state index contributed by atoms with van der Waals surface area (Å²) >= 11 is -5.94. The monoisotopic (exact) mass is 566 g/mol. The molecule has 0 aliphatic heterocycles. The Morgan fingerprint density at radius 2 is 1.17 bits per heavy atom. The molecule has 2 atom stereocenters. The van der Waals surface area contributed by atoms with Crippen molar-refractivity contribution >= 4 is 44.2 Å². The molecule has 0 aromatic heterocycles. The van der Waals surface area contributed by atoms with Crippen LogP contribution in [-0.4, -0.2) is 51.5 Å². The van der Waals surface area contributed by atoms with Gasteiger partial charge in [0.25, 0.3) is 0 Å². The molecule has 0 radical (unpaired) electrons. The van der Waals surface area contributed by atoms with Gasteiger partial charge in [0.1, 0.15) is 0 Å². The van der Waals surface area contributed by atoms with Crippen molar-refractivity contribution in [2.75, 3.05) is 14.2 Å². The zero-order valence-corrected chi connectivity index (χ0v) is 20.6. The first-order valence-corrected chi connectivity index (χ1v) is 19.6. The van der Waals surface area contributed by atoms with E-state index in [1.807, 2.05) is 0 Å². The molecule has 10 nitrogen and oxygen atoms in total. The van der Waals surface area contributed by atoms with Crippen LogP contribution in [0.4, 0.5) is 0 Å². The van der Waals surface area contributed by atoms with Crippen molar-refractivity contribution in [3.05, 3.63) is 47.6 Å². The number of ether oxygens (including phenoxy) is 2. The van der Waals surface area contributed by atoms with Crippen molar-refractivity contribution in [1.29, 1.82) is 0 Å². The molecule has 4 N–H and O–H groups in total. The van der Waals surface area contributed by atoms with Crippen molar-refractivity contribution in [2.24, 2.45) is 0 Å². The van der Waals surface area contributed by atoms with E-state index in [9.17, 15) is 38.3 Å². The van der Waals surface area contributed by atoms with Gasteiger partial charge in [0.2, 0.25) is 0 Å². The van der Waals surface area contributed by atoms with Gasteiger partial charge in [0.05, 0.1) is 0 Å². The summed E-state index contributed by atoms with van der Waals surface area (Å²) < 4.78 is 29.0. The van der Waals surface area contributed by atoms with Crippen LogP contribution < -0.4 is 0 Å². The molecular weight excluding hydrogens is 552 g/mol. The molecule has 0 bridgehead atoms. The predicted octanol–water partition coefficient (Wildman–Crippen LogP) is 1.53.